The number of ether oxygens (including phenoxy) is 7. The van der Waals surface area contributed by atoms with Crippen LogP contribution in [-0.2, 0) is 47.5 Å². The second kappa shape index (κ2) is 24.1. The summed E-state index contributed by atoms with van der Waals surface area (Å²) in [6.45, 7) is 13.5. The van der Waals surface area contributed by atoms with E-state index < -0.39 is 29.4 Å². The maximum atomic E-state index is 12.9. The van der Waals surface area contributed by atoms with Gasteiger partial charge in [-0.25, -0.2) is 14.4 Å². The van der Waals surface area contributed by atoms with E-state index in [9.17, 15) is 24.0 Å². The van der Waals surface area contributed by atoms with Gasteiger partial charge in [-0.1, -0.05) is 0 Å². The smallest absolute Gasteiger partial charge is 0.407 e. The number of alkyl carbamates (subject to hydrolysis) is 2. The molecular weight excluding hydrogens is 596 g/mol. The standard InChI is InChI=1S/C29H54N4O12/c1-28(2,3)44-26(37)31-10-13-33(14-11-32-27(38)45-29(4,5)6)24(35)9-8-23(34)30-12-15-40-16-17-41-18-19-42-20-21-43-22-25(36)39-7/h8-22H2,1-7H3,(H,30,34)(H,31,37)(H,32,38). The fourth-order valence-corrected chi connectivity index (χ4v) is 3.18. The monoisotopic (exact) mass is 650 g/mol. The van der Waals surface area contributed by atoms with Crippen LogP contribution in [0.25, 0.3) is 0 Å². The first-order chi connectivity index (χ1) is 21.1. The minimum Gasteiger partial charge on any atom is -0.467 e. The molecule has 0 aromatic rings. The normalized spacial score (nSPS) is 11.4. The van der Waals surface area contributed by atoms with E-state index in [1.807, 2.05) is 0 Å². The van der Waals surface area contributed by atoms with Crippen molar-refractivity contribution in [1.29, 1.82) is 0 Å². The van der Waals surface area contributed by atoms with Crippen LogP contribution in [0.5, 0.6) is 0 Å². The minimum absolute atomic E-state index is 0.0365. The van der Waals surface area contributed by atoms with Gasteiger partial charge in [0.15, 0.2) is 0 Å². The van der Waals surface area contributed by atoms with Crippen LogP contribution < -0.4 is 16.0 Å². The summed E-state index contributed by atoms with van der Waals surface area (Å²) in [5.74, 6) is -1.07. The Kier molecular flexibility index (Phi) is 22.4. The lowest BCUT2D eigenvalue weighted by molar-refractivity contribution is -0.146. The van der Waals surface area contributed by atoms with Gasteiger partial charge in [-0.05, 0) is 41.5 Å². The molecule has 0 aromatic carbocycles. The highest BCUT2D eigenvalue weighted by Crippen LogP contribution is 2.07. The first kappa shape index (κ1) is 41.8. The summed E-state index contributed by atoms with van der Waals surface area (Å²) in [6.07, 6.45) is -1.32. The van der Waals surface area contributed by atoms with Crippen LogP contribution in [0, 0.1) is 0 Å². The summed E-state index contributed by atoms with van der Waals surface area (Å²) in [5.41, 5.74) is -1.32. The van der Waals surface area contributed by atoms with Crippen LogP contribution in [-0.4, -0.2) is 139 Å². The molecule has 3 N–H and O–H groups in total. The Morgan fingerprint density at radius 3 is 1.47 bits per heavy atom. The SMILES string of the molecule is COC(=O)COCCOCCOCCOCCNC(=O)CCC(=O)N(CCNC(=O)OC(C)(C)C)CCNC(=O)OC(C)(C)C. The van der Waals surface area contributed by atoms with Crippen molar-refractivity contribution in [3.8, 4) is 0 Å². The fraction of sp³-hybridized carbons (Fsp3) is 0.828. The predicted octanol–water partition coefficient (Wildman–Crippen LogP) is 1.00. The molecule has 0 heterocycles. The number of methoxy groups -OCH3 is 1. The fourth-order valence-electron chi connectivity index (χ4n) is 3.18. The largest absolute Gasteiger partial charge is 0.467 e. The predicted molar refractivity (Wildman–Crippen MR) is 163 cm³/mol. The van der Waals surface area contributed by atoms with E-state index in [1.54, 1.807) is 41.5 Å². The lowest BCUT2D eigenvalue weighted by atomic mass is 10.2. The number of carbonyl (C=O) groups is 5. The van der Waals surface area contributed by atoms with Crippen LogP contribution in [0.4, 0.5) is 9.59 Å². The van der Waals surface area contributed by atoms with Gasteiger partial charge in [-0.2, -0.15) is 0 Å². The zero-order chi connectivity index (χ0) is 34.1. The summed E-state index contributed by atoms with van der Waals surface area (Å²) < 4.78 is 36.0. The number of nitrogens with one attached hydrogen (secondary N) is 3. The van der Waals surface area contributed by atoms with Crippen LogP contribution in [0.3, 0.4) is 0 Å². The Morgan fingerprint density at radius 1 is 0.578 bits per heavy atom. The molecule has 4 amide bonds. The van der Waals surface area contributed by atoms with Crippen LogP contribution in [0.2, 0.25) is 0 Å². The molecule has 0 aliphatic rings. The average molecular weight is 651 g/mol. The number of nitrogens with zero attached hydrogens (tertiary/aromatic N) is 1. The van der Waals surface area contributed by atoms with E-state index in [4.69, 9.17) is 28.4 Å². The lowest BCUT2D eigenvalue weighted by Crippen LogP contribution is -2.44. The number of hydrogen-bond acceptors (Lipinski definition) is 12. The van der Waals surface area contributed by atoms with Crippen molar-refractivity contribution in [2.45, 2.75) is 65.6 Å². The number of amides is 4. The van der Waals surface area contributed by atoms with Gasteiger partial charge in [0.2, 0.25) is 11.8 Å². The number of esters is 1. The molecule has 0 saturated carbocycles. The molecule has 0 spiro atoms. The second-order valence-electron chi connectivity index (χ2n) is 11.6. The van der Waals surface area contributed by atoms with Crippen molar-refractivity contribution in [3.05, 3.63) is 0 Å². The van der Waals surface area contributed by atoms with Crippen molar-refractivity contribution in [1.82, 2.24) is 20.9 Å². The van der Waals surface area contributed by atoms with Crippen molar-refractivity contribution in [3.63, 3.8) is 0 Å². The number of hydrogen-bond donors (Lipinski definition) is 3. The maximum absolute atomic E-state index is 12.9. The number of carbonyl (C=O) groups excluding carboxylic acids is 5. The molecule has 0 aromatic heterocycles. The molecule has 262 valence electrons. The van der Waals surface area contributed by atoms with Gasteiger partial charge < -0.3 is 54.0 Å². The van der Waals surface area contributed by atoms with E-state index in [-0.39, 0.29) is 77.2 Å². The summed E-state index contributed by atoms with van der Waals surface area (Å²) in [6, 6.07) is 0. The molecular formula is C29H54N4O12. The molecule has 0 rings (SSSR count). The van der Waals surface area contributed by atoms with Crippen LogP contribution in [0.15, 0.2) is 0 Å². The molecule has 0 atom stereocenters. The third-order valence-corrected chi connectivity index (χ3v) is 5.15. The third-order valence-electron chi connectivity index (χ3n) is 5.15. The van der Waals surface area contributed by atoms with E-state index in [1.165, 1.54) is 12.0 Å². The van der Waals surface area contributed by atoms with Gasteiger partial charge in [-0.15, -0.1) is 0 Å². The lowest BCUT2D eigenvalue weighted by Gasteiger charge is -2.25. The van der Waals surface area contributed by atoms with Gasteiger partial charge in [0.25, 0.3) is 0 Å². The molecule has 0 aliphatic carbocycles. The molecule has 0 bridgehead atoms. The van der Waals surface area contributed by atoms with Crippen molar-refractivity contribution >= 4 is 30.0 Å². The summed E-state index contributed by atoms with van der Waals surface area (Å²) in [5, 5.41) is 7.90. The summed E-state index contributed by atoms with van der Waals surface area (Å²) in [4.78, 5) is 61.3. The zero-order valence-electron chi connectivity index (χ0n) is 28.0. The highest BCUT2D eigenvalue weighted by molar-refractivity contribution is 5.83. The molecule has 16 nitrogen and oxygen atoms in total. The van der Waals surface area contributed by atoms with Crippen molar-refractivity contribution in [2.24, 2.45) is 0 Å². The molecule has 0 radical (unpaired) electrons. The number of rotatable bonds is 23. The molecule has 45 heavy (non-hydrogen) atoms. The van der Waals surface area contributed by atoms with E-state index in [0.29, 0.717) is 33.0 Å². The average Bonchev–Trinajstić information content (AvgIpc) is 2.93. The Labute approximate surface area is 266 Å². The summed E-state index contributed by atoms with van der Waals surface area (Å²) in [7, 11) is 1.29. The summed E-state index contributed by atoms with van der Waals surface area (Å²) >= 11 is 0. The van der Waals surface area contributed by atoms with Crippen molar-refractivity contribution < 1.29 is 57.1 Å². The highest BCUT2D eigenvalue weighted by atomic mass is 16.6. The van der Waals surface area contributed by atoms with Gasteiger partial charge in [-0.3, -0.25) is 9.59 Å². The molecule has 0 aliphatic heterocycles. The van der Waals surface area contributed by atoms with Gasteiger partial charge in [0, 0.05) is 45.6 Å². The Balaban J connectivity index is 4.23. The topological polar surface area (TPSA) is 189 Å². The Bertz CT molecular complexity index is 840. The van der Waals surface area contributed by atoms with Crippen LogP contribution >= 0.6 is 0 Å². The minimum atomic E-state index is -0.662. The molecule has 0 fully saturated rings. The molecule has 0 unspecified atom stereocenters. The van der Waals surface area contributed by atoms with Gasteiger partial charge in [0.05, 0.1) is 53.4 Å². The molecule has 0 saturated heterocycles. The quantitative estimate of drug-likeness (QED) is 0.0810. The van der Waals surface area contributed by atoms with Crippen molar-refractivity contribution in [2.75, 3.05) is 92.7 Å². The van der Waals surface area contributed by atoms with E-state index in [0.717, 1.165) is 0 Å². The Morgan fingerprint density at radius 2 is 1.02 bits per heavy atom. The first-order valence-electron chi connectivity index (χ1n) is 15.0. The van der Waals surface area contributed by atoms with Gasteiger partial charge >= 0.3 is 18.2 Å². The Hall–Kier alpha value is -3.21. The highest BCUT2D eigenvalue weighted by Gasteiger charge is 2.20. The first-order valence-corrected chi connectivity index (χ1v) is 15.0. The maximum Gasteiger partial charge on any atom is 0.407 e. The third kappa shape index (κ3) is 28.0. The van der Waals surface area contributed by atoms with E-state index in [2.05, 4.69) is 20.7 Å². The molecule has 16 heteroatoms. The second-order valence-corrected chi connectivity index (χ2v) is 11.6. The van der Waals surface area contributed by atoms with Gasteiger partial charge in [0.1, 0.15) is 17.8 Å². The van der Waals surface area contributed by atoms with Crippen LogP contribution in [0.1, 0.15) is 54.4 Å². The van der Waals surface area contributed by atoms with E-state index >= 15 is 0 Å². The zero-order valence-corrected chi connectivity index (χ0v) is 28.0.